The highest BCUT2D eigenvalue weighted by molar-refractivity contribution is 7.99. The Bertz CT molecular complexity index is 482. The van der Waals surface area contributed by atoms with Crippen molar-refractivity contribution in [1.82, 2.24) is 4.90 Å². The number of phenolic OH excluding ortho intramolecular Hbond substituents is 1. The van der Waals surface area contributed by atoms with E-state index in [0.29, 0.717) is 6.07 Å². The number of halogens is 2. The molecule has 2 N–H and O–H groups in total. The fourth-order valence-corrected chi connectivity index (χ4v) is 2.54. The first-order valence-corrected chi connectivity index (χ1v) is 7.91. The van der Waals surface area contributed by atoms with Crippen LogP contribution in [0.1, 0.15) is 13.8 Å². The summed E-state index contributed by atoms with van der Waals surface area (Å²) in [5.74, 6) is -2.15. The van der Waals surface area contributed by atoms with Gasteiger partial charge in [-0.3, -0.25) is 4.79 Å². The van der Waals surface area contributed by atoms with Crippen LogP contribution in [0.3, 0.4) is 0 Å². The average molecular weight is 318 g/mol. The summed E-state index contributed by atoms with van der Waals surface area (Å²) in [5, 5.41) is 11.7. The van der Waals surface area contributed by atoms with Crippen molar-refractivity contribution in [2.75, 3.05) is 36.5 Å². The van der Waals surface area contributed by atoms with Gasteiger partial charge in [0.25, 0.3) is 0 Å². The van der Waals surface area contributed by atoms with Crippen molar-refractivity contribution >= 4 is 23.4 Å². The largest absolute Gasteiger partial charge is 0.503 e. The molecule has 1 aromatic carbocycles. The number of nitrogens with zero attached hydrogens (tertiary/aromatic N) is 1. The third-order valence-electron chi connectivity index (χ3n) is 2.98. The maximum Gasteiger partial charge on any atom is 0.234 e. The van der Waals surface area contributed by atoms with Crippen LogP contribution in [0.15, 0.2) is 12.1 Å². The molecule has 0 bridgehead atoms. The molecule has 0 aliphatic heterocycles. The monoisotopic (exact) mass is 318 g/mol. The molecule has 0 aliphatic rings. The molecule has 0 unspecified atom stereocenters. The second kappa shape index (κ2) is 8.84. The lowest BCUT2D eigenvalue weighted by molar-refractivity contribution is -0.113. The molecule has 1 aromatic rings. The normalized spacial score (nSPS) is 10.9. The molecule has 0 saturated heterocycles. The quantitative estimate of drug-likeness (QED) is 0.571. The van der Waals surface area contributed by atoms with E-state index in [4.69, 9.17) is 0 Å². The van der Waals surface area contributed by atoms with E-state index in [-0.39, 0.29) is 11.4 Å². The molecule has 0 spiro atoms. The molecule has 21 heavy (non-hydrogen) atoms. The highest BCUT2D eigenvalue weighted by Gasteiger charge is 2.12. The fourth-order valence-electron chi connectivity index (χ4n) is 1.75. The summed E-state index contributed by atoms with van der Waals surface area (Å²) in [5.41, 5.74) is -0.248. The summed E-state index contributed by atoms with van der Waals surface area (Å²) in [7, 11) is 0. The first kappa shape index (κ1) is 17.7. The molecule has 0 aliphatic carbocycles. The minimum Gasteiger partial charge on any atom is -0.503 e. The number of benzene rings is 1. The Morgan fingerprint density at radius 2 is 2.00 bits per heavy atom. The number of carbonyl (C=O) groups excluding carboxylic acids is 1. The molecular formula is C14H20F2N2O2S. The Balaban J connectivity index is 2.41. The van der Waals surface area contributed by atoms with Gasteiger partial charge in [0.1, 0.15) is 5.82 Å². The zero-order valence-electron chi connectivity index (χ0n) is 12.2. The van der Waals surface area contributed by atoms with Gasteiger partial charge in [-0.15, -0.1) is 0 Å². The van der Waals surface area contributed by atoms with Crippen molar-refractivity contribution in [2.45, 2.75) is 13.8 Å². The SMILES string of the molecule is CCN(CC)CCSCC(=O)Nc1cc(F)cc(F)c1O. The van der Waals surface area contributed by atoms with Crippen LogP contribution < -0.4 is 5.32 Å². The van der Waals surface area contributed by atoms with Crippen molar-refractivity contribution < 1.29 is 18.7 Å². The number of carbonyl (C=O) groups is 1. The van der Waals surface area contributed by atoms with Crippen LogP contribution in [0.4, 0.5) is 14.5 Å². The third-order valence-corrected chi connectivity index (χ3v) is 3.92. The summed E-state index contributed by atoms with van der Waals surface area (Å²) in [6, 6.07) is 1.45. The van der Waals surface area contributed by atoms with Gasteiger partial charge in [0.2, 0.25) is 5.91 Å². The van der Waals surface area contributed by atoms with Gasteiger partial charge in [-0.05, 0) is 13.1 Å². The number of nitrogens with one attached hydrogen (secondary N) is 1. The summed E-state index contributed by atoms with van der Waals surface area (Å²) in [6.45, 7) is 6.94. The van der Waals surface area contributed by atoms with Crippen LogP contribution in [-0.4, -0.2) is 47.1 Å². The maximum atomic E-state index is 13.1. The third kappa shape index (κ3) is 5.89. The number of hydrogen-bond donors (Lipinski definition) is 2. The first-order valence-electron chi connectivity index (χ1n) is 6.75. The van der Waals surface area contributed by atoms with E-state index in [2.05, 4.69) is 24.1 Å². The van der Waals surface area contributed by atoms with Crippen LogP contribution in [0, 0.1) is 11.6 Å². The smallest absolute Gasteiger partial charge is 0.234 e. The molecule has 0 radical (unpaired) electrons. The van der Waals surface area contributed by atoms with E-state index in [0.717, 1.165) is 31.5 Å². The van der Waals surface area contributed by atoms with Crippen LogP contribution in [0.2, 0.25) is 0 Å². The van der Waals surface area contributed by atoms with Gasteiger partial charge in [0, 0.05) is 24.4 Å². The summed E-state index contributed by atoms with van der Waals surface area (Å²) < 4.78 is 26.1. The Morgan fingerprint density at radius 3 is 2.62 bits per heavy atom. The zero-order valence-corrected chi connectivity index (χ0v) is 13.0. The second-order valence-corrected chi connectivity index (χ2v) is 5.52. The number of phenols is 1. The standard InChI is InChI=1S/C14H20F2N2O2S/c1-3-18(4-2)5-6-21-9-13(19)17-12-8-10(15)7-11(16)14(12)20/h7-8,20H,3-6,9H2,1-2H3,(H,17,19). The lowest BCUT2D eigenvalue weighted by Gasteiger charge is -2.17. The number of thioether (sulfide) groups is 1. The van der Waals surface area contributed by atoms with E-state index in [1.807, 2.05) is 0 Å². The molecule has 0 saturated carbocycles. The summed E-state index contributed by atoms with van der Waals surface area (Å²) in [4.78, 5) is 13.9. The minimum absolute atomic E-state index is 0.166. The van der Waals surface area contributed by atoms with Crippen LogP contribution >= 0.6 is 11.8 Å². The van der Waals surface area contributed by atoms with E-state index in [9.17, 15) is 18.7 Å². The molecule has 0 fully saturated rings. The molecule has 0 atom stereocenters. The summed E-state index contributed by atoms with van der Waals surface area (Å²) in [6.07, 6.45) is 0. The molecule has 1 amide bonds. The molecule has 4 nitrogen and oxygen atoms in total. The van der Waals surface area contributed by atoms with Crippen molar-refractivity contribution in [1.29, 1.82) is 0 Å². The number of amides is 1. The van der Waals surface area contributed by atoms with Gasteiger partial charge in [-0.1, -0.05) is 13.8 Å². The van der Waals surface area contributed by atoms with Gasteiger partial charge in [0.15, 0.2) is 11.6 Å². The fraction of sp³-hybridized carbons (Fsp3) is 0.500. The minimum atomic E-state index is -1.10. The van der Waals surface area contributed by atoms with Gasteiger partial charge in [-0.25, -0.2) is 8.78 Å². The predicted molar refractivity (Wildman–Crippen MR) is 81.8 cm³/mol. The number of rotatable bonds is 8. The van der Waals surface area contributed by atoms with Crippen molar-refractivity contribution in [3.63, 3.8) is 0 Å². The molecule has 118 valence electrons. The lowest BCUT2D eigenvalue weighted by Crippen LogP contribution is -2.26. The summed E-state index contributed by atoms with van der Waals surface area (Å²) >= 11 is 1.43. The zero-order chi connectivity index (χ0) is 15.8. The van der Waals surface area contributed by atoms with Gasteiger partial charge in [-0.2, -0.15) is 11.8 Å². The van der Waals surface area contributed by atoms with E-state index < -0.39 is 23.3 Å². The highest BCUT2D eigenvalue weighted by atomic mass is 32.2. The van der Waals surface area contributed by atoms with Gasteiger partial charge < -0.3 is 15.3 Å². The Hall–Kier alpha value is -1.34. The Kier molecular flexibility index (Phi) is 7.45. The van der Waals surface area contributed by atoms with E-state index in [1.54, 1.807) is 0 Å². The molecule has 0 heterocycles. The Labute approximate surface area is 127 Å². The Morgan fingerprint density at radius 1 is 1.33 bits per heavy atom. The number of hydrogen-bond acceptors (Lipinski definition) is 4. The van der Waals surface area contributed by atoms with Crippen molar-refractivity contribution in [3.05, 3.63) is 23.8 Å². The van der Waals surface area contributed by atoms with Crippen molar-refractivity contribution in [2.24, 2.45) is 0 Å². The van der Waals surface area contributed by atoms with E-state index in [1.165, 1.54) is 11.8 Å². The number of anilines is 1. The van der Waals surface area contributed by atoms with Crippen molar-refractivity contribution in [3.8, 4) is 5.75 Å². The van der Waals surface area contributed by atoms with Crippen LogP contribution in [-0.2, 0) is 4.79 Å². The van der Waals surface area contributed by atoms with E-state index >= 15 is 0 Å². The second-order valence-electron chi connectivity index (χ2n) is 4.41. The first-order chi connectivity index (χ1) is 9.97. The molecular weight excluding hydrogens is 298 g/mol. The highest BCUT2D eigenvalue weighted by Crippen LogP contribution is 2.27. The van der Waals surface area contributed by atoms with Gasteiger partial charge in [0.05, 0.1) is 11.4 Å². The predicted octanol–water partition coefficient (Wildman–Crippen LogP) is 2.68. The average Bonchev–Trinajstić information content (AvgIpc) is 2.44. The molecule has 7 heteroatoms. The lowest BCUT2D eigenvalue weighted by atomic mass is 10.2. The topological polar surface area (TPSA) is 52.6 Å². The van der Waals surface area contributed by atoms with Crippen LogP contribution in [0.25, 0.3) is 0 Å². The van der Waals surface area contributed by atoms with Crippen LogP contribution in [0.5, 0.6) is 5.75 Å². The van der Waals surface area contributed by atoms with Gasteiger partial charge >= 0.3 is 0 Å². The molecule has 0 aromatic heterocycles. The number of aromatic hydroxyl groups is 1. The molecule has 1 rings (SSSR count). The maximum absolute atomic E-state index is 13.1.